The van der Waals surface area contributed by atoms with Crippen molar-refractivity contribution in [3.8, 4) is 16.9 Å². The van der Waals surface area contributed by atoms with Crippen LogP contribution in [0.15, 0.2) is 36.7 Å². The lowest BCUT2D eigenvalue weighted by atomic mass is 10.1. The highest BCUT2D eigenvalue weighted by atomic mass is 16.6. The van der Waals surface area contributed by atoms with E-state index in [2.05, 4.69) is 15.4 Å². The zero-order chi connectivity index (χ0) is 22.7. The van der Waals surface area contributed by atoms with Gasteiger partial charge in [0.15, 0.2) is 5.82 Å². The van der Waals surface area contributed by atoms with Crippen LogP contribution in [0.2, 0.25) is 0 Å². The van der Waals surface area contributed by atoms with Crippen LogP contribution < -0.4 is 10.1 Å². The highest BCUT2D eigenvalue weighted by Gasteiger charge is 2.52. The van der Waals surface area contributed by atoms with E-state index < -0.39 is 6.09 Å². The molecule has 2 N–H and O–H groups in total. The van der Waals surface area contributed by atoms with Crippen molar-refractivity contribution in [2.24, 2.45) is 5.92 Å². The Morgan fingerprint density at radius 3 is 2.88 bits per heavy atom. The van der Waals surface area contributed by atoms with Crippen LogP contribution in [0, 0.1) is 12.8 Å². The summed E-state index contributed by atoms with van der Waals surface area (Å²) in [6.07, 6.45) is 3.75. The van der Waals surface area contributed by atoms with Gasteiger partial charge in [0.05, 0.1) is 30.9 Å². The minimum atomic E-state index is -0.961. The zero-order valence-corrected chi connectivity index (χ0v) is 18.0. The summed E-state index contributed by atoms with van der Waals surface area (Å²) in [7, 11) is 0. The number of nitrogens with zero attached hydrogens (tertiary/aromatic N) is 4. The number of fused-ring (bicyclic) bond motifs is 3. The Hall–Kier alpha value is -3.66. The highest BCUT2D eigenvalue weighted by Crippen LogP contribution is 2.37. The highest BCUT2D eigenvalue weighted by molar-refractivity contribution is 5.93. The SMILES string of the molecule is Cc1cc(-c2ccn3nc(NC(=O)C4CC4)cc3c2)c(O[C@H]2C3CN(C(=O)O)[C@H]2CO3)cn1. The molecule has 0 aromatic carbocycles. The third kappa shape index (κ3) is 3.56. The molecule has 3 aromatic heterocycles. The monoisotopic (exact) mass is 449 g/mol. The number of morpholine rings is 1. The summed E-state index contributed by atoms with van der Waals surface area (Å²) in [5, 5.41) is 16.8. The number of aryl methyl sites for hydroxylation is 1. The lowest BCUT2D eigenvalue weighted by molar-refractivity contribution is -0.117. The summed E-state index contributed by atoms with van der Waals surface area (Å²) < 4.78 is 13.7. The molecule has 0 spiro atoms. The molecule has 170 valence electrons. The van der Waals surface area contributed by atoms with E-state index >= 15 is 0 Å². The molecular weight excluding hydrogens is 426 g/mol. The van der Waals surface area contributed by atoms with E-state index in [0.717, 1.165) is 35.2 Å². The fourth-order valence-electron chi connectivity index (χ4n) is 4.60. The van der Waals surface area contributed by atoms with Gasteiger partial charge in [-0.15, -0.1) is 0 Å². The van der Waals surface area contributed by atoms with Gasteiger partial charge in [0.2, 0.25) is 5.91 Å². The first-order chi connectivity index (χ1) is 16.0. The Labute approximate surface area is 189 Å². The lowest BCUT2D eigenvalue weighted by Crippen LogP contribution is -2.42. The first-order valence-electron chi connectivity index (χ1n) is 11.0. The molecule has 10 nitrogen and oxygen atoms in total. The normalized spacial score (nSPS) is 23.8. The van der Waals surface area contributed by atoms with Gasteiger partial charge in [-0.1, -0.05) is 0 Å². The van der Waals surface area contributed by atoms with Crippen LogP contribution in [0.3, 0.4) is 0 Å². The molecule has 10 heteroatoms. The average molecular weight is 449 g/mol. The van der Waals surface area contributed by atoms with Crippen molar-refractivity contribution in [2.45, 2.75) is 38.0 Å². The van der Waals surface area contributed by atoms with Crippen molar-refractivity contribution in [1.82, 2.24) is 19.5 Å². The second kappa shape index (κ2) is 7.45. The van der Waals surface area contributed by atoms with Crippen molar-refractivity contribution in [1.29, 1.82) is 0 Å². The molecule has 2 bridgehead atoms. The number of aromatic nitrogens is 3. The summed E-state index contributed by atoms with van der Waals surface area (Å²) in [6, 6.07) is 7.35. The van der Waals surface area contributed by atoms with Crippen LogP contribution in [-0.4, -0.2) is 68.0 Å². The van der Waals surface area contributed by atoms with Gasteiger partial charge >= 0.3 is 6.09 Å². The molecule has 0 radical (unpaired) electrons. The van der Waals surface area contributed by atoms with Crippen molar-refractivity contribution in [3.63, 3.8) is 0 Å². The van der Waals surface area contributed by atoms with E-state index in [1.165, 1.54) is 4.90 Å². The second-order valence-electron chi connectivity index (χ2n) is 8.86. The van der Waals surface area contributed by atoms with Gasteiger partial charge in [0, 0.05) is 29.4 Å². The third-order valence-electron chi connectivity index (χ3n) is 6.49. The topological polar surface area (TPSA) is 118 Å². The van der Waals surface area contributed by atoms with E-state index in [1.54, 1.807) is 10.7 Å². The van der Waals surface area contributed by atoms with E-state index in [0.29, 0.717) is 24.7 Å². The number of hydrogen-bond donors (Lipinski definition) is 2. The van der Waals surface area contributed by atoms with E-state index in [4.69, 9.17) is 9.47 Å². The number of rotatable bonds is 5. The molecule has 3 aromatic rings. The molecule has 2 amide bonds. The Morgan fingerprint density at radius 2 is 2.12 bits per heavy atom. The van der Waals surface area contributed by atoms with E-state index in [1.807, 2.05) is 37.4 Å². The average Bonchev–Trinajstić information content (AvgIpc) is 3.37. The molecule has 2 saturated heterocycles. The van der Waals surface area contributed by atoms with Crippen LogP contribution in [0.25, 0.3) is 16.6 Å². The Morgan fingerprint density at radius 1 is 1.27 bits per heavy atom. The van der Waals surface area contributed by atoms with Gasteiger partial charge in [0.25, 0.3) is 0 Å². The summed E-state index contributed by atoms with van der Waals surface area (Å²) in [4.78, 5) is 29.4. The largest absolute Gasteiger partial charge is 0.483 e. The summed E-state index contributed by atoms with van der Waals surface area (Å²) in [5.74, 6) is 1.23. The second-order valence-corrected chi connectivity index (χ2v) is 8.86. The molecule has 33 heavy (non-hydrogen) atoms. The van der Waals surface area contributed by atoms with Gasteiger partial charge in [0.1, 0.15) is 18.0 Å². The molecule has 1 aliphatic carbocycles. The predicted molar refractivity (Wildman–Crippen MR) is 117 cm³/mol. The molecule has 3 aliphatic rings. The first kappa shape index (κ1) is 20.0. The standard InChI is InChI=1S/C23H23N5O5/c1-12-6-16(18(9-24-12)33-21-17-11-32-19(21)10-27(17)23(30)31)14-4-5-28-15(7-14)8-20(26-28)25-22(29)13-2-3-13/h4-9,13,17,19,21H,2-3,10-11H2,1H3,(H,30,31)(H,25,26,29)/t17-,19?,21+/m0/s1. The molecule has 1 unspecified atom stereocenters. The Bertz CT molecular complexity index is 1270. The van der Waals surface area contributed by atoms with E-state index in [-0.39, 0.29) is 30.1 Å². The smallest absolute Gasteiger partial charge is 0.407 e. The number of nitrogens with one attached hydrogen (secondary N) is 1. The van der Waals surface area contributed by atoms with Gasteiger partial charge in [-0.3, -0.25) is 14.7 Å². The van der Waals surface area contributed by atoms with Gasteiger partial charge in [-0.05, 0) is 43.5 Å². The van der Waals surface area contributed by atoms with Crippen LogP contribution in [0.5, 0.6) is 5.75 Å². The predicted octanol–water partition coefficient (Wildman–Crippen LogP) is 2.56. The van der Waals surface area contributed by atoms with Crippen LogP contribution in [0.4, 0.5) is 10.6 Å². The Balaban J connectivity index is 1.30. The number of carboxylic acid groups (broad SMARTS) is 1. The van der Waals surface area contributed by atoms with Crippen LogP contribution in [0.1, 0.15) is 18.5 Å². The van der Waals surface area contributed by atoms with Crippen molar-refractivity contribution in [3.05, 3.63) is 42.4 Å². The first-order valence-corrected chi connectivity index (χ1v) is 11.0. The minimum absolute atomic E-state index is 0.0166. The number of hydrogen-bond acceptors (Lipinski definition) is 6. The maximum Gasteiger partial charge on any atom is 0.407 e. The van der Waals surface area contributed by atoms with Crippen molar-refractivity contribution >= 4 is 23.3 Å². The third-order valence-corrected chi connectivity index (χ3v) is 6.49. The molecule has 3 atom stereocenters. The zero-order valence-electron chi connectivity index (χ0n) is 18.0. The summed E-state index contributed by atoms with van der Waals surface area (Å²) in [5.41, 5.74) is 3.42. The lowest BCUT2D eigenvalue weighted by Gasteiger charge is -2.23. The Kier molecular flexibility index (Phi) is 4.51. The number of pyridine rings is 2. The quantitative estimate of drug-likeness (QED) is 0.615. The van der Waals surface area contributed by atoms with Crippen molar-refractivity contribution in [2.75, 3.05) is 18.5 Å². The number of likely N-dealkylation sites (tertiary alicyclic amines) is 1. The fraction of sp³-hybridized carbons (Fsp3) is 0.391. The molecule has 2 aliphatic heterocycles. The number of anilines is 1. The summed E-state index contributed by atoms with van der Waals surface area (Å²) >= 11 is 0. The molecular formula is C23H23N5O5. The van der Waals surface area contributed by atoms with Crippen LogP contribution >= 0.6 is 0 Å². The van der Waals surface area contributed by atoms with Gasteiger partial charge in [-0.25, -0.2) is 9.31 Å². The van der Waals surface area contributed by atoms with E-state index in [9.17, 15) is 14.7 Å². The number of carbonyl (C=O) groups is 2. The molecule has 1 saturated carbocycles. The maximum atomic E-state index is 12.1. The molecule has 3 fully saturated rings. The van der Waals surface area contributed by atoms with Gasteiger partial charge < -0.3 is 19.9 Å². The fourth-order valence-corrected chi connectivity index (χ4v) is 4.60. The minimum Gasteiger partial charge on any atom is -0.483 e. The molecule has 6 rings (SSSR count). The number of ether oxygens (including phenoxy) is 2. The number of carbonyl (C=O) groups excluding carboxylic acids is 1. The molecule has 5 heterocycles. The maximum absolute atomic E-state index is 12.1. The van der Waals surface area contributed by atoms with Crippen molar-refractivity contribution < 1.29 is 24.2 Å². The van der Waals surface area contributed by atoms with Crippen LogP contribution in [-0.2, 0) is 9.53 Å². The summed E-state index contributed by atoms with van der Waals surface area (Å²) in [6.45, 7) is 2.54. The van der Waals surface area contributed by atoms with Gasteiger partial charge in [-0.2, -0.15) is 5.10 Å². The number of amides is 2.